The molecule has 2 unspecified atom stereocenters. The van der Waals surface area contributed by atoms with E-state index in [9.17, 15) is 14.4 Å². The number of benzene rings is 1. The molecule has 2 heterocycles. The smallest absolute Gasteiger partial charge is 0.306 e. The van der Waals surface area contributed by atoms with E-state index >= 15 is 0 Å². The molecule has 27 heavy (non-hydrogen) atoms. The van der Waals surface area contributed by atoms with Crippen LogP contribution >= 0.6 is 0 Å². The Hall–Kier alpha value is -3.09. The summed E-state index contributed by atoms with van der Waals surface area (Å²) in [6.45, 7) is 2.38. The van der Waals surface area contributed by atoms with Crippen LogP contribution in [0.2, 0.25) is 0 Å². The maximum atomic E-state index is 12.5. The number of carboxylic acids is 1. The van der Waals surface area contributed by atoms with Gasteiger partial charge < -0.3 is 19.7 Å². The highest BCUT2D eigenvalue weighted by atomic mass is 16.4. The predicted molar refractivity (Wildman–Crippen MR) is 97.8 cm³/mol. The highest BCUT2D eigenvalue weighted by Crippen LogP contribution is 2.22. The molecule has 7 heteroatoms. The zero-order chi connectivity index (χ0) is 19.4. The van der Waals surface area contributed by atoms with Gasteiger partial charge in [-0.25, -0.2) is 0 Å². The van der Waals surface area contributed by atoms with Gasteiger partial charge in [0.1, 0.15) is 5.76 Å². The van der Waals surface area contributed by atoms with Crippen LogP contribution in [0.1, 0.15) is 24.7 Å². The fourth-order valence-electron chi connectivity index (χ4n) is 3.10. The van der Waals surface area contributed by atoms with E-state index in [1.807, 2.05) is 0 Å². The predicted octanol–water partition coefficient (Wildman–Crippen LogP) is 2.53. The molecule has 0 aliphatic carbocycles. The van der Waals surface area contributed by atoms with Gasteiger partial charge in [0.15, 0.2) is 0 Å². The molecule has 1 aliphatic rings. The van der Waals surface area contributed by atoms with Crippen LogP contribution in [0, 0.1) is 11.8 Å². The maximum Gasteiger partial charge on any atom is 0.306 e. The van der Waals surface area contributed by atoms with Gasteiger partial charge in [0.2, 0.25) is 11.8 Å². The second kappa shape index (κ2) is 8.07. The van der Waals surface area contributed by atoms with Crippen LogP contribution < -0.4 is 5.32 Å². The molecule has 1 aromatic carbocycles. The van der Waals surface area contributed by atoms with Crippen LogP contribution in [0.25, 0.3) is 0 Å². The average Bonchev–Trinajstić information content (AvgIpc) is 3.27. The molecule has 2 N–H and O–H groups in total. The summed E-state index contributed by atoms with van der Waals surface area (Å²) in [5.41, 5.74) is 1.52. The van der Waals surface area contributed by atoms with Crippen LogP contribution in [-0.2, 0) is 27.3 Å². The lowest BCUT2D eigenvalue weighted by molar-refractivity contribution is -0.141. The maximum absolute atomic E-state index is 12.5. The van der Waals surface area contributed by atoms with Crippen LogP contribution in [0.4, 0.5) is 5.69 Å². The van der Waals surface area contributed by atoms with Crippen molar-refractivity contribution in [2.75, 3.05) is 11.9 Å². The molecule has 0 bridgehead atoms. The molecule has 1 saturated heterocycles. The van der Waals surface area contributed by atoms with E-state index in [0.717, 1.165) is 5.56 Å². The Kier molecular flexibility index (Phi) is 5.59. The van der Waals surface area contributed by atoms with Crippen molar-refractivity contribution < 1.29 is 23.9 Å². The number of hydrogen-bond donors (Lipinski definition) is 2. The second-order valence-corrected chi connectivity index (χ2v) is 6.88. The van der Waals surface area contributed by atoms with Crippen LogP contribution in [0.3, 0.4) is 0 Å². The lowest BCUT2D eigenvalue weighted by Crippen LogP contribution is -2.27. The number of carbonyl (C=O) groups is 3. The summed E-state index contributed by atoms with van der Waals surface area (Å²) in [4.78, 5) is 37.1. The number of carboxylic acid groups (broad SMARTS) is 1. The number of hydrogen-bond acceptors (Lipinski definition) is 4. The quantitative estimate of drug-likeness (QED) is 0.780. The van der Waals surface area contributed by atoms with Crippen molar-refractivity contribution in [3.8, 4) is 0 Å². The first-order valence-electron chi connectivity index (χ1n) is 8.85. The molecule has 142 valence electrons. The van der Waals surface area contributed by atoms with Gasteiger partial charge >= 0.3 is 5.97 Å². The average molecular weight is 370 g/mol. The molecule has 1 fully saturated rings. The fraction of sp³-hybridized carbons (Fsp3) is 0.350. The van der Waals surface area contributed by atoms with Crippen molar-refractivity contribution >= 4 is 23.5 Å². The van der Waals surface area contributed by atoms with E-state index in [-0.39, 0.29) is 18.2 Å². The van der Waals surface area contributed by atoms with Crippen LogP contribution in [0.15, 0.2) is 47.1 Å². The number of likely N-dealkylation sites (tertiary alicyclic amines) is 1. The Morgan fingerprint density at radius 1 is 1.30 bits per heavy atom. The molecule has 3 rings (SSSR count). The van der Waals surface area contributed by atoms with Crippen molar-refractivity contribution in [2.24, 2.45) is 11.8 Å². The van der Waals surface area contributed by atoms with Crippen molar-refractivity contribution in [1.29, 1.82) is 0 Å². The van der Waals surface area contributed by atoms with E-state index in [1.165, 1.54) is 0 Å². The van der Waals surface area contributed by atoms with E-state index in [1.54, 1.807) is 54.5 Å². The summed E-state index contributed by atoms with van der Waals surface area (Å²) >= 11 is 0. The Labute approximate surface area is 157 Å². The van der Waals surface area contributed by atoms with E-state index in [4.69, 9.17) is 9.52 Å². The van der Waals surface area contributed by atoms with Gasteiger partial charge in [0.25, 0.3) is 0 Å². The lowest BCUT2D eigenvalue weighted by Gasteiger charge is -2.15. The van der Waals surface area contributed by atoms with Crippen molar-refractivity contribution in [1.82, 2.24) is 4.90 Å². The third kappa shape index (κ3) is 4.75. The number of furan rings is 1. The topological polar surface area (TPSA) is 99.9 Å². The molecule has 1 aliphatic heterocycles. The third-order valence-electron chi connectivity index (χ3n) is 4.70. The SMILES string of the molecule is CC(Cc1ccc(NC(=O)C2CC(=O)N(Cc3ccco3)C2)cc1)C(=O)O. The van der Waals surface area contributed by atoms with Gasteiger partial charge in [-0.15, -0.1) is 0 Å². The number of nitrogens with zero attached hydrogens (tertiary/aromatic N) is 1. The fourth-order valence-corrected chi connectivity index (χ4v) is 3.10. The molecule has 2 aromatic rings. The number of anilines is 1. The van der Waals surface area contributed by atoms with Gasteiger partial charge in [-0.2, -0.15) is 0 Å². The van der Waals surface area contributed by atoms with E-state index in [2.05, 4.69) is 5.32 Å². The molecule has 2 amide bonds. The van der Waals surface area contributed by atoms with Crippen molar-refractivity contribution in [2.45, 2.75) is 26.3 Å². The number of rotatable bonds is 7. The second-order valence-electron chi connectivity index (χ2n) is 6.88. The number of nitrogens with one attached hydrogen (secondary N) is 1. The number of amides is 2. The highest BCUT2D eigenvalue weighted by molar-refractivity contribution is 5.97. The first kappa shape index (κ1) is 18.7. The first-order chi connectivity index (χ1) is 12.9. The summed E-state index contributed by atoms with van der Waals surface area (Å²) in [6, 6.07) is 10.7. The molecule has 0 spiro atoms. The third-order valence-corrected chi connectivity index (χ3v) is 4.70. The summed E-state index contributed by atoms with van der Waals surface area (Å²) in [5.74, 6) is -1.27. The monoisotopic (exact) mass is 370 g/mol. The Bertz CT molecular complexity index is 813. The van der Waals surface area contributed by atoms with Gasteiger partial charge in [-0.05, 0) is 36.2 Å². The largest absolute Gasteiger partial charge is 0.481 e. The van der Waals surface area contributed by atoms with Crippen LogP contribution in [-0.4, -0.2) is 34.3 Å². The molecular weight excluding hydrogens is 348 g/mol. The van der Waals surface area contributed by atoms with Crippen LogP contribution in [0.5, 0.6) is 0 Å². The lowest BCUT2D eigenvalue weighted by atomic mass is 10.0. The van der Waals surface area contributed by atoms with Gasteiger partial charge in [0.05, 0.1) is 24.6 Å². The minimum absolute atomic E-state index is 0.0652. The summed E-state index contributed by atoms with van der Waals surface area (Å²) in [5, 5.41) is 11.8. The summed E-state index contributed by atoms with van der Waals surface area (Å²) in [6.07, 6.45) is 2.17. The molecule has 0 radical (unpaired) electrons. The zero-order valence-electron chi connectivity index (χ0n) is 15.1. The Morgan fingerprint density at radius 2 is 2.04 bits per heavy atom. The Balaban J connectivity index is 1.54. The van der Waals surface area contributed by atoms with Crippen molar-refractivity contribution in [3.05, 3.63) is 54.0 Å². The van der Waals surface area contributed by atoms with Gasteiger partial charge in [-0.1, -0.05) is 19.1 Å². The van der Waals surface area contributed by atoms with E-state index in [0.29, 0.717) is 31.0 Å². The molecule has 2 atom stereocenters. The standard InChI is InChI=1S/C20H22N2O5/c1-13(20(25)26)9-14-4-6-16(7-5-14)21-19(24)15-10-18(23)22(11-15)12-17-3-2-8-27-17/h2-8,13,15H,9-12H2,1H3,(H,21,24)(H,25,26). The number of aliphatic carboxylic acids is 1. The molecule has 0 saturated carbocycles. The zero-order valence-corrected chi connectivity index (χ0v) is 15.1. The molecule has 7 nitrogen and oxygen atoms in total. The molecule has 1 aromatic heterocycles. The normalized spacial score (nSPS) is 17.7. The first-order valence-corrected chi connectivity index (χ1v) is 8.85. The van der Waals surface area contributed by atoms with Gasteiger partial charge in [-0.3, -0.25) is 14.4 Å². The Morgan fingerprint density at radius 3 is 2.67 bits per heavy atom. The van der Waals surface area contributed by atoms with Crippen molar-refractivity contribution in [3.63, 3.8) is 0 Å². The minimum Gasteiger partial charge on any atom is -0.481 e. The minimum atomic E-state index is -0.836. The van der Waals surface area contributed by atoms with Gasteiger partial charge in [0, 0.05) is 18.7 Å². The molecular formula is C20H22N2O5. The van der Waals surface area contributed by atoms with E-state index < -0.39 is 17.8 Å². The highest BCUT2D eigenvalue weighted by Gasteiger charge is 2.34. The number of carbonyl (C=O) groups excluding carboxylic acids is 2. The summed E-state index contributed by atoms with van der Waals surface area (Å²) in [7, 11) is 0. The summed E-state index contributed by atoms with van der Waals surface area (Å²) < 4.78 is 5.26.